The standard InChI is InChI=1S/C18H21N9O8S2/c19-17-21-9(6-36-17)11(25-35-18(1-2-18)16(29)30)14(28)22-12-10(27(37(31,32)33)15-13(12)34-15)5-26-23-7-3-20-4-8(7)24-26/h6,10,12-13,15,20H,1-5H2,(H2,19,21)(H,22,28)(H,29,30)(H,31,32,33)/b25-11-/t10-,12+,13?,15?/m1/s1. The molecule has 0 bridgehead atoms. The van der Waals surface area contributed by atoms with Crippen molar-refractivity contribution in [2.75, 3.05) is 5.73 Å². The van der Waals surface area contributed by atoms with Crippen molar-refractivity contribution in [2.24, 2.45) is 5.16 Å². The highest BCUT2D eigenvalue weighted by molar-refractivity contribution is 7.83. The molecular formula is C18H21N9O8S2. The molecule has 4 aliphatic rings. The second kappa shape index (κ2) is 8.39. The number of amides is 1. The fourth-order valence-electron chi connectivity index (χ4n) is 4.47. The molecule has 3 aliphatic heterocycles. The molecule has 3 fully saturated rings. The number of nitrogens with zero attached hydrogens (tertiary/aromatic N) is 6. The van der Waals surface area contributed by atoms with Gasteiger partial charge in [0, 0.05) is 31.3 Å². The molecule has 2 aromatic rings. The number of nitrogens with two attached hydrogens (primary N) is 1. The molecule has 1 amide bonds. The van der Waals surface area contributed by atoms with E-state index in [4.69, 9.17) is 15.3 Å². The molecule has 0 spiro atoms. The zero-order chi connectivity index (χ0) is 26.1. The smallest absolute Gasteiger partial charge is 0.350 e. The molecule has 0 radical (unpaired) electrons. The number of thiazole rings is 1. The lowest BCUT2D eigenvalue weighted by molar-refractivity contribution is -0.153. The van der Waals surface area contributed by atoms with E-state index in [2.05, 4.69) is 31.0 Å². The van der Waals surface area contributed by atoms with Crippen LogP contribution in [-0.2, 0) is 49.1 Å². The van der Waals surface area contributed by atoms with Gasteiger partial charge in [0.25, 0.3) is 5.91 Å². The normalized spacial score (nSPS) is 28.0. The lowest BCUT2D eigenvalue weighted by Gasteiger charge is -2.28. The number of epoxide rings is 1. The van der Waals surface area contributed by atoms with Crippen LogP contribution >= 0.6 is 11.3 Å². The predicted molar refractivity (Wildman–Crippen MR) is 122 cm³/mol. The number of oxime groups is 1. The molecule has 6 N–H and O–H groups in total. The molecule has 1 aliphatic carbocycles. The van der Waals surface area contributed by atoms with Crippen molar-refractivity contribution in [2.45, 2.75) is 62.5 Å². The van der Waals surface area contributed by atoms with Gasteiger partial charge in [-0.15, -0.1) is 15.6 Å². The summed E-state index contributed by atoms with van der Waals surface area (Å²) < 4.78 is 40.4. The summed E-state index contributed by atoms with van der Waals surface area (Å²) in [5.74, 6) is -2.04. The lowest BCUT2D eigenvalue weighted by atomic mass is 10.1. The number of hydrogen-bond acceptors (Lipinski definition) is 13. The summed E-state index contributed by atoms with van der Waals surface area (Å²) in [6, 6.07) is -1.94. The monoisotopic (exact) mass is 555 g/mol. The topological polar surface area (TPSA) is 240 Å². The summed E-state index contributed by atoms with van der Waals surface area (Å²) in [7, 11) is -4.71. The Morgan fingerprint density at radius 1 is 1.35 bits per heavy atom. The van der Waals surface area contributed by atoms with E-state index in [1.807, 2.05) is 0 Å². The molecular weight excluding hydrogens is 534 g/mol. The summed E-state index contributed by atoms with van der Waals surface area (Å²) in [4.78, 5) is 35.4. The van der Waals surface area contributed by atoms with Crippen molar-refractivity contribution in [3.63, 3.8) is 0 Å². The Bertz CT molecular complexity index is 1400. The highest BCUT2D eigenvalue weighted by atomic mass is 32.2. The number of aliphatic carboxylic acids is 1. The third-order valence-electron chi connectivity index (χ3n) is 6.54. The minimum Gasteiger partial charge on any atom is -0.478 e. The van der Waals surface area contributed by atoms with E-state index in [1.165, 1.54) is 10.2 Å². The number of anilines is 1. The van der Waals surface area contributed by atoms with Crippen LogP contribution in [0.25, 0.3) is 0 Å². The number of carbonyl (C=O) groups excluding carboxylic acids is 1. The van der Waals surface area contributed by atoms with E-state index in [0.29, 0.717) is 13.1 Å². The molecule has 17 nitrogen and oxygen atoms in total. The van der Waals surface area contributed by atoms with Crippen LogP contribution in [0.15, 0.2) is 10.5 Å². The Kier molecular flexibility index (Phi) is 5.47. The number of fused-ring (bicyclic) bond motifs is 2. The second-order valence-electron chi connectivity index (χ2n) is 9.02. The van der Waals surface area contributed by atoms with Crippen LogP contribution in [0, 0.1) is 0 Å². The second-order valence-corrected chi connectivity index (χ2v) is 11.2. The number of nitrogen functional groups attached to an aromatic ring is 1. The van der Waals surface area contributed by atoms with Gasteiger partial charge in [-0.3, -0.25) is 9.35 Å². The van der Waals surface area contributed by atoms with Gasteiger partial charge in [-0.1, -0.05) is 5.16 Å². The van der Waals surface area contributed by atoms with Crippen LogP contribution in [0.1, 0.15) is 29.9 Å². The highest BCUT2D eigenvalue weighted by Gasteiger charge is 2.65. The van der Waals surface area contributed by atoms with Gasteiger partial charge >= 0.3 is 16.3 Å². The number of carboxylic acids is 1. The quantitative estimate of drug-likeness (QED) is 0.0944. The Balaban J connectivity index is 1.28. The number of ether oxygens (including phenoxy) is 1. The third-order valence-corrected chi connectivity index (χ3v) is 8.22. The third kappa shape index (κ3) is 4.32. The number of carboxylic acid groups (broad SMARTS) is 1. The highest BCUT2D eigenvalue weighted by Crippen LogP contribution is 2.43. The van der Waals surface area contributed by atoms with Gasteiger partial charge < -0.3 is 31.0 Å². The van der Waals surface area contributed by atoms with Crippen LogP contribution in [0.4, 0.5) is 5.13 Å². The number of carbonyl (C=O) groups is 2. The molecule has 198 valence electrons. The lowest BCUT2D eigenvalue weighted by Crippen LogP contribution is -2.54. The van der Waals surface area contributed by atoms with Gasteiger partial charge in [0.1, 0.15) is 23.2 Å². The van der Waals surface area contributed by atoms with Gasteiger partial charge in [0.15, 0.2) is 17.1 Å². The van der Waals surface area contributed by atoms with Gasteiger partial charge in [0.2, 0.25) is 5.60 Å². The number of aromatic nitrogens is 4. The molecule has 2 aromatic heterocycles. The first-order valence-corrected chi connectivity index (χ1v) is 13.4. The van der Waals surface area contributed by atoms with Gasteiger partial charge in [-0.2, -0.15) is 23.4 Å². The minimum atomic E-state index is -4.71. The fourth-order valence-corrected chi connectivity index (χ4v) is 5.99. The van der Waals surface area contributed by atoms with E-state index in [9.17, 15) is 27.7 Å². The predicted octanol–water partition coefficient (Wildman–Crippen LogP) is -2.35. The van der Waals surface area contributed by atoms with Crippen molar-refractivity contribution in [1.29, 1.82) is 0 Å². The van der Waals surface area contributed by atoms with Crippen molar-refractivity contribution >= 4 is 44.4 Å². The van der Waals surface area contributed by atoms with E-state index < -0.39 is 52.2 Å². The fraction of sp³-hybridized carbons (Fsp3) is 0.556. The SMILES string of the molecule is Nc1nc(/C(=N/OC2(C(=O)O)CC2)C(=O)N[C@@H]2C3OC3N(S(=O)(=O)O)[C@@H]2Cn2nc3c(n2)CNC3)cs1. The summed E-state index contributed by atoms with van der Waals surface area (Å²) in [5, 5.41) is 29.3. The number of rotatable bonds is 9. The van der Waals surface area contributed by atoms with Gasteiger partial charge in [-0.25, -0.2) is 9.78 Å². The van der Waals surface area contributed by atoms with Crippen molar-refractivity contribution in [1.82, 2.24) is 34.9 Å². The Morgan fingerprint density at radius 2 is 2.05 bits per heavy atom. The summed E-state index contributed by atoms with van der Waals surface area (Å²) in [5.41, 5.74) is 5.33. The maximum absolute atomic E-state index is 13.4. The first kappa shape index (κ1) is 24.1. The summed E-state index contributed by atoms with van der Waals surface area (Å²) >= 11 is 1.04. The van der Waals surface area contributed by atoms with E-state index in [0.717, 1.165) is 27.0 Å². The van der Waals surface area contributed by atoms with Gasteiger partial charge in [0.05, 0.1) is 18.6 Å². The maximum atomic E-state index is 13.4. The Hall–Kier alpha value is -3.23. The zero-order valence-electron chi connectivity index (χ0n) is 18.8. The molecule has 1 saturated carbocycles. The van der Waals surface area contributed by atoms with Crippen molar-refractivity contribution < 1.29 is 37.2 Å². The molecule has 6 rings (SSSR count). The van der Waals surface area contributed by atoms with Crippen molar-refractivity contribution in [3.05, 3.63) is 22.5 Å². The van der Waals surface area contributed by atoms with Crippen LogP contribution < -0.4 is 16.4 Å². The zero-order valence-corrected chi connectivity index (χ0v) is 20.5. The summed E-state index contributed by atoms with van der Waals surface area (Å²) in [6.45, 7) is 0.957. The maximum Gasteiger partial charge on any atom is 0.350 e. The number of nitrogens with one attached hydrogen (secondary N) is 2. The molecule has 5 heterocycles. The van der Waals surface area contributed by atoms with Crippen LogP contribution in [-0.4, -0.2) is 90.0 Å². The first-order valence-electron chi connectivity index (χ1n) is 11.1. The van der Waals surface area contributed by atoms with E-state index in [-0.39, 0.29) is 35.9 Å². The minimum absolute atomic E-state index is 0.0494. The van der Waals surface area contributed by atoms with Crippen LogP contribution in [0.3, 0.4) is 0 Å². The molecule has 37 heavy (non-hydrogen) atoms. The average molecular weight is 556 g/mol. The van der Waals surface area contributed by atoms with Crippen LogP contribution in [0.2, 0.25) is 0 Å². The van der Waals surface area contributed by atoms with E-state index in [1.54, 1.807) is 0 Å². The number of hydrogen-bond donors (Lipinski definition) is 5. The van der Waals surface area contributed by atoms with Crippen molar-refractivity contribution in [3.8, 4) is 0 Å². The molecule has 2 unspecified atom stereocenters. The molecule has 0 aromatic carbocycles. The Labute approximate surface area is 212 Å². The van der Waals surface area contributed by atoms with E-state index >= 15 is 0 Å². The Morgan fingerprint density at radius 3 is 2.62 bits per heavy atom. The van der Waals surface area contributed by atoms with Gasteiger partial charge in [-0.05, 0) is 0 Å². The molecule has 2 saturated heterocycles. The largest absolute Gasteiger partial charge is 0.478 e. The van der Waals surface area contributed by atoms with Crippen LogP contribution in [0.5, 0.6) is 0 Å². The average Bonchev–Trinajstić information content (AvgIpc) is 3.57. The molecule has 19 heteroatoms. The molecule has 4 atom stereocenters. The summed E-state index contributed by atoms with van der Waals surface area (Å²) in [6.07, 6.45) is -1.29. The first-order chi connectivity index (χ1) is 17.6.